The normalized spacial score (nSPS) is 24.1. The van der Waals surface area contributed by atoms with Crippen molar-refractivity contribution >= 4 is 11.8 Å². The summed E-state index contributed by atoms with van der Waals surface area (Å²) >= 11 is 0. The number of carbonyl (C=O) groups is 2. The Hall–Kier alpha value is -1.10. The highest BCUT2D eigenvalue weighted by Gasteiger charge is 2.38. The van der Waals surface area contributed by atoms with Crippen molar-refractivity contribution in [1.82, 2.24) is 10.2 Å². The molecule has 1 fully saturated rings. The van der Waals surface area contributed by atoms with E-state index in [1.807, 2.05) is 13.8 Å². The molecule has 0 aliphatic carbocycles. The van der Waals surface area contributed by atoms with Crippen LogP contribution in [-0.2, 0) is 9.59 Å². The molecule has 0 aromatic heterocycles. The highest BCUT2D eigenvalue weighted by Crippen LogP contribution is 2.17. The number of amides is 2. The smallest absolute Gasteiger partial charge is 0.243 e. The van der Waals surface area contributed by atoms with Gasteiger partial charge >= 0.3 is 0 Å². The molecule has 0 aromatic rings. The van der Waals surface area contributed by atoms with Gasteiger partial charge in [0, 0.05) is 13.1 Å². The maximum atomic E-state index is 12.3. The molecule has 2 unspecified atom stereocenters. The van der Waals surface area contributed by atoms with E-state index in [1.54, 1.807) is 11.8 Å². The Morgan fingerprint density at radius 1 is 1.59 bits per heavy atom. The first kappa shape index (κ1) is 14.0. The Morgan fingerprint density at radius 3 is 2.76 bits per heavy atom. The molecular weight excluding hydrogens is 218 g/mol. The Labute approximate surface area is 103 Å². The number of hydrogen-bond acceptors (Lipinski definition) is 3. The average Bonchev–Trinajstić information content (AvgIpc) is 2.27. The first-order chi connectivity index (χ1) is 7.94. The number of carbonyl (C=O) groups excluding carboxylic acids is 2. The fourth-order valence-electron chi connectivity index (χ4n) is 2.32. The van der Waals surface area contributed by atoms with Crippen LogP contribution in [0.4, 0.5) is 0 Å². The van der Waals surface area contributed by atoms with Crippen LogP contribution in [0.1, 0.15) is 40.0 Å². The summed E-state index contributed by atoms with van der Waals surface area (Å²) in [7, 11) is 0. The quantitative estimate of drug-likeness (QED) is 0.740. The Balaban J connectivity index is 2.82. The summed E-state index contributed by atoms with van der Waals surface area (Å²) in [4.78, 5) is 25.7. The maximum absolute atomic E-state index is 12.3. The molecule has 1 heterocycles. The molecule has 1 aliphatic rings. The zero-order valence-electron chi connectivity index (χ0n) is 11.0. The van der Waals surface area contributed by atoms with Crippen LogP contribution in [0, 0.1) is 0 Å². The van der Waals surface area contributed by atoms with E-state index in [2.05, 4.69) is 5.32 Å². The zero-order valence-corrected chi connectivity index (χ0v) is 11.0. The van der Waals surface area contributed by atoms with Gasteiger partial charge in [-0.2, -0.15) is 0 Å². The van der Waals surface area contributed by atoms with Gasteiger partial charge in [0.1, 0.15) is 6.04 Å². The third-order valence-corrected chi connectivity index (χ3v) is 3.24. The van der Waals surface area contributed by atoms with Gasteiger partial charge in [-0.15, -0.1) is 0 Å². The summed E-state index contributed by atoms with van der Waals surface area (Å²) in [6, 6.07) is -0.365. The molecule has 0 bridgehead atoms. The number of nitrogens with two attached hydrogens (primary N) is 1. The minimum Gasteiger partial charge on any atom is -0.353 e. The summed E-state index contributed by atoms with van der Waals surface area (Å²) in [6.45, 7) is 6.73. The van der Waals surface area contributed by atoms with Gasteiger partial charge in [0.15, 0.2) is 0 Å². The second kappa shape index (κ2) is 5.49. The predicted octanol–water partition coefficient (Wildman–Crippen LogP) is 0.241. The first-order valence-electron chi connectivity index (χ1n) is 6.31. The van der Waals surface area contributed by atoms with Crippen molar-refractivity contribution in [2.24, 2.45) is 5.73 Å². The van der Waals surface area contributed by atoms with Crippen LogP contribution in [0.2, 0.25) is 0 Å². The Bertz CT molecular complexity index is 302. The lowest BCUT2D eigenvalue weighted by Crippen LogP contribution is -2.63. The summed E-state index contributed by atoms with van der Waals surface area (Å²) < 4.78 is 0. The van der Waals surface area contributed by atoms with Gasteiger partial charge in [-0.25, -0.2) is 0 Å². The van der Waals surface area contributed by atoms with E-state index in [1.165, 1.54) is 0 Å². The Morgan fingerprint density at radius 2 is 2.24 bits per heavy atom. The maximum Gasteiger partial charge on any atom is 0.243 e. The van der Waals surface area contributed by atoms with Gasteiger partial charge in [0.05, 0.1) is 5.54 Å². The van der Waals surface area contributed by atoms with Gasteiger partial charge in [-0.3, -0.25) is 9.59 Å². The van der Waals surface area contributed by atoms with E-state index in [0.29, 0.717) is 25.9 Å². The van der Waals surface area contributed by atoms with Gasteiger partial charge in [0.2, 0.25) is 11.8 Å². The molecule has 0 radical (unpaired) electrons. The lowest BCUT2D eigenvalue weighted by atomic mass is 9.94. The predicted molar refractivity (Wildman–Crippen MR) is 66.3 cm³/mol. The second-order valence-corrected chi connectivity index (χ2v) is 4.88. The van der Waals surface area contributed by atoms with Crippen LogP contribution >= 0.6 is 0 Å². The van der Waals surface area contributed by atoms with E-state index >= 15 is 0 Å². The molecule has 1 aliphatic heterocycles. The van der Waals surface area contributed by atoms with E-state index in [-0.39, 0.29) is 17.9 Å². The van der Waals surface area contributed by atoms with Crippen LogP contribution in [0.15, 0.2) is 0 Å². The molecule has 1 saturated heterocycles. The molecule has 0 aromatic carbocycles. The van der Waals surface area contributed by atoms with Gasteiger partial charge in [0.25, 0.3) is 0 Å². The second-order valence-electron chi connectivity index (χ2n) is 4.88. The monoisotopic (exact) mass is 241 g/mol. The molecule has 2 amide bonds. The largest absolute Gasteiger partial charge is 0.353 e. The van der Waals surface area contributed by atoms with Crippen molar-refractivity contribution in [3.63, 3.8) is 0 Å². The number of rotatable bonds is 4. The highest BCUT2D eigenvalue weighted by atomic mass is 16.2. The van der Waals surface area contributed by atoms with Gasteiger partial charge in [-0.1, -0.05) is 20.3 Å². The van der Waals surface area contributed by atoms with Crippen molar-refractivity contribution in [2.75, 3.05) is 13.1 Å². The van der Waals surface area contributed by atoms with Crippen LogP contribution in [-0.4, -0.2) is 41.4 Å². The van der Waals surface area contributed by atoms with E-state index in [9.17, 15) is 9.59 Å². The van der Waals surface area contributed by atoms with Crippen molar-refractivity contribution < 1.29 is 9.59 Å². The van der Waals surface area contributed by atoms with Crippen LogP contribution in [0.3, 0.4) is 0 Å². The molecule has 2 atom stereocenters. The molecule has 17 heavy (non-hydrogen) atoms. The molecule has 5 nitrogen and oxygen atoms in total. The molecule has 1 rings (SSSR count). The lowest BCUT2D eigenvalue weighted by molar-refractivity contribution is -0.147. The van der Waals surface area contributed by atoms with Crippen molar-refractivity contribution in [1.29, 1.82) is 0 Å². The van der Waals surface area contributed by atoms with Crippen LogP contribution < -0.4 is 11.1 Å². The molecule has 0 saturated carbocycles. The summed E-state index contributed by atoms with van der Waals surface area (Å²) in [5.41, 5.74) is 5.18. The van der Waals surface area contributed by atoms with E-state index < -0.39 is 5.54 Å². The standard InChI is InChI=1S/C12H23N3O2/c1-4-6-12(3,13)11(17)15-8-7-14-10(16)9(15)5-2/h9H,4-8,13H2,1-3H3,(H,14,16). The lowest BCUT2D eigenvalue weighted by Gasteiger charge is -2.39. The van der Waals surface area contributed by atoms with Crippen molar-refractivity contribution in [3.8, 4) is 0 Å². The SMILES string of the molecule is CCCC(C)(N)C(=O)N1CCNC(=O)C1CC. The van der Waals surface area contributed by atoms with Crippen LogP contribution in [0.5, 0.6) is 0 Å². The van der Waals surface area contributed by atoms with Crippen LogP contribution in [0.25, 0.3) is 0 Å². The van der Waals surface area contributed by atoms with E-state index in [0.717, 1.165) is 6.42 Å². The molecule has 0 spiro atoms. The number of piperazine rings is 1. The Kier molecular flexibility index (Phi) is 4.51. The first-order valence-corrected chi connectivity index (χ1v) is 6.31. The molecular formula is C12H23N3O2. The van der Waals surface area contributed by atoms with Crippen molar-refractivity contribution in [3.05, 3.63) is 0 Å². The minimum atomic E-state index is -0.861. The van der Waals surface area contributed by atoms with E-state index in [4.69, 9.17) is 5.73 Å². The number of nitrogens with one attached hydrogen (secondary N) is 1. The summed E-state index contributed by atoms with van der Waals surface area (Å²) in [5.74, 6) is -0.180. The third kappa shape index (κ3) is 2.97. The molecule has 5 heteroatoms. The highest BCUT2D eigenvalue weighted by molar-refractivity contribution is 5.92. The molecule has 3 N–H and O–H groups in total. The van der Waals surface area contributed by atoms with Crippen molar-refractivity contribution in [2.45, 2.75) is 51.6 Å². The van der Waals surface area contributed by atoms with Gasteiger partial charge in [-0.05, 0) is 19.8 Å². The molecule has 98 valence electrons. The minimum absolute atomic E-state index is 0.0700. The summed E-state index contributed by atoms with van der Waals surface area (Å²) in [6.07, 6.45) is 2.12. The summed E-state index contributed by atoms with van der Waals surface area (Å²) in [5, 5.41) is 2.78. The van der Waals surface area contributed by atoms with Gasteiger partial charge < -0.3 is 16.0 Å². The fraction of sp³-hybridized carbons (Fsp3) is 0.833. The topological polar surface area (TPSA) is 75.4 Å². The average molecular weight is 241 g/mol. The zero-order chi connectivity index (χ0) is 13.1. The fourth-order valence-corrected chi connectivity index (χ4v) is 2.32. The third-order valence-electron chi connectivity index (χ3n) is 3.24. The number of nitrogens with zero attached hydrogens (tertiary/aromatic N) is 1. The number of hydrogen-bond donors (Lipinski definition) is 2.